The van der Waals surface area contributed by atoms with E-state index in [0.717, 1.165) is 23.3 Å². The van der Waals surface area contributed by atoms with E-state index in [2.05, 4.69) is 20.2 Å². The molecule has 2 aromatic heterocycles. The number of esters is 1. The molecule has 1 aliphatic heterocycles. The lowest BCUT2D eigenvalue weighted by Crippen LogP contribution is -2.61. The van der Waals surface area contributed by atoms with E-state index in [4.69, 9.17) is 4.74 Å². The highest BCUT2D eigenvalue weighted by Gasteiger charge is 2.39. The number of carbonyl (C=O) groups is 1. The molecule has 0 amide bonds. The first kappa shape index (κ1) is 24.4. The van der Waals surface area contributed by atoms with E-state index >= 15 is 0 Å². The SMILES string of the molecule is COC(=O)C1CN(c2cnccn2)[C@H](C)CN1c1nnc(-c2ccc(C(F)(F)F)cc2)c(C)c1C. The molecule has 0 saturated carbocycles. The van der Waals surface area contributed by atoms with Crippen molar-refractivity contribution in [2.24, 2.45) is 0 Å². The van der Waals surface area contributed by atoms with Gasteiger partial charge in [-0.1, -0.05) is 12.1 Å². The summed E-state index contributed by atoms with van der Waals surface area (Å²) in [5.41, 5.74) is 1.84. The molecule has 1 fully saturated rings. The molecule has 0 N–H and O–H groups in total. The molecule has 1 saturated heterocycles. The first-order chi connectivity index (χ1) is 16.6. The Morgan fingerprint density at radius 3 is 2.34 bits per heavy atom. The van der Waals surface area contributed by atoms with Crippen LogP contribution in [0.3, 0.4) is 0 Å². The van der Waals surface area contributed by atoms with Crippen LogP contribution in [0.4, 0.5) is 24.8 Å². The van der Waals surface area contributed by atoms with Gasteiger partial charge in [0, 0.05) is 30.5 Å². The van der Waals surface area contributed by atoms with Crippen molar-refractivity contribution in [1.82, 2.24) is 20.2 Å². The molecular weight excluding hydrogens is 461 g/mol. The Bertz CT molecular complexity index is 1200. The zero-order chi connectivity index (χ0) is 25.3. The van der Waals surface area contributed by atoms with Crippen LogP contribution in [0.25, 0.3) is 11.3 Å². The fourth-order valence-electron chi connectivity index (χ4n) is 4.26. The Balaban J connectivity index is 1.68. The van der Waals surface area contributed by atoms with Crippen LogP contribution in [0, 0.1) is 13.8 Å². The molecule has 0 aliphatic carbocycles. The molecule has 0 spiro atoms. The summed E-state index contributed by atoms with van der Waals surface area (Å²) in [6.07, 6.45) is 0.420. The van der Waals surface area contributed by atoms with Gasteiger partial charge in [-0.25, -0.2) is 9.78 Å². The summed E-state index contributed by atoms with van der Waals surface area (Å²) in [5, 5.41) is 8.75. The van der Waals surface area contributed by atoms with Gasteiger partial charge in [0.25, 0.3) is 0 Å². The van der Waals surface area contributed by atoms with Crippen LogP contribution < -0.4 is 9.80 Å². The van der Waals surface area contributed by atoms with Gasteiger partial charge in [-0.05, 0) is 44.0 Å². The molecule has 2 atom stereocenters. The fourth-order valence-corrected chi connectivity index (χ4v) is 4.26. The fraction of sp³-hybridized carbons (Fsp3) is 0.375. The Kier molecular flexibility index (Phi) is 6.60. The zero-order valence-electron chi connectivity index (χ0n) is 19.7. The van der Waals surface area contributed by atoms with Crippen LogP contribution in [0.2, 0.25) is 0 Å². The number of piperazine rings is 1. The number of benzene rings is 1. The van der Waals surface area contributed by atoms with Gasteiger partial charge in [0.2, 0.25) is 0 Å². The monoisotopic (exact) mass is 486 g/mol. The predicted molar refractivity (Wildman–Crippen MR) is 124 cm³/mol. The smallest absolute Gasteiger partial charge is 0.416 e. The summed E-state index contributed by atoms with van der Waals surface area (Å²) < 4.78 is 43.9. The van der Waals surface area contributed by atoms with Crippen molar-refractivity contribution in [2.75, 3.05) is 30.0 Å². The Hall–Kier alpha value is -3.76. The lowest BCUT2D eigenvalue weighted by atomic mass is 10.0. The van der Waals surface area contributed by atoms with Gasteiger partial charge in [-0.2, -0.15) is 13.2 Å². The van der Waals surface area contributed by atoms with E-state index in [-0.39, 0.29) is 6.04 Å². The molecule has 4 rings (SSSR count). The average molecular weight is 486 g/mol. The highest BCUT2D eigenvalue weighted by molar-refractivity contribution is 5.82. The molecule has 3 aromatic rings. The van der Waals surface area contributed by atoms with E-state index < -0.39 is 23.8 Å². The van der Waals surface area contributed by atoms with Crippen molar-refractivity contribution in [3.63, 3.8) is 0 Å². The summed E-state index contributed by atoms with van der Waals surface area (Å²) in [6, 6.07) is 4.14. The van der Waals surface area contributed by atoms with Gasteiger partial charge in [0.05, 0.1) is 31.1 Å². The Morgan fingerprint density at radius 2 is 1.74 bits per heavy atom. The molecule has 1 aromatic carbocycles. The van der Waals surface area contributed by atoms with Crippen molar-refractivity contribution in [3.05, 3.63) is 59.5 Å². The van der Waals surface area contributed by atoms with Gasteiger partial charge in [-0.15, -0.1) is 10.2 Å². The summed E-state index contributed by atoms with van der Waals surface area (Å²) in [4.78, 5) is 25.1. The maximum atomic E-state index is 12.9. The molecule has 1 aliphatic rings. The molecule has 8 nitrogen and oxygen atoms in total. The lowest BCUT2D eigenvalue weighted by Gasteiger charge is -2.45. The number of ether oxygens (including phenoxy) is 1. The molecule has 0 radical (unpaired) electrons. The van der Waals surface area contributed by atoms with Gasteiger partial charge in [-0.3, -0.25) is 4.98 Å². The van der Waals surface area contributed by atoms with Crippen molar-refractivity contribution in [2.45, 2.75) is 39.0 Å². The number of methoxy groups -OCH3 is 1. The van der Waals surface area contributed by atoms with Crippen LogP contribution in [-0.2, 0) is 15.7 Å². The number of aromatic nitrogens is 4. The van der Waals surface area contributed by atoms with Crippen LogP contribution in [0.15, 0.2) is 42.9 Å². The van der Waals surface area contributed by atoms with Gasteiger partial charge in [0.1, 0.15) is 11.9 Å². The third kappa shape index (κ3) is 4.75. The number of carbonyl (C=O) groups excluding carboxylic acids is 1. The summed E-state index contributed by atoms with van der Waals surface area (Å²) >= 11 is 0. The van der Waals surface area contributed by atoms with Crippen molar-refractivity contribution in [1.29, 1.82) is 0 Å². The topological polar surface area (TPSA) is 84.3 Å². The van der Waals surface area contributed by atoms with E-state index in [9.17, 15) is 18.0 Å². The van der Waals surface area contributed by atoms with E-state index in [0.29, 0.717) is 36.0 Å². The van der Waals surface area contributed by atoms with Crippen LogP contribution in [0.5, 0.6) is 0 Å². The number of alkyl halides is 3. The van der Waals surface area contributed by atoms with Crippen molar-refractivity contribution in [3.8, 4) is 11.3 Å². The third-order valence-electron chi connectivity index (χ3n) is 6.31. The van der Waals surface area contributed by atoms with Crippen LogP contribution in [0.1, 0.15) is 23.6 Å². The summed E-state index contributed by atoms with van der Waals surface area (Å²) in [6.45, 7) is 6.48. The second kappa shape index (κ2) is 9.47. The molecule has 35 heavy (non-hydrogen) atoms. The highest BCUT2D eigenvalue weighted by Crippen LogP contribution is 2.34. The molecule has 184 valence electrons. The Morgan fingerprint density at radius 1 is 1.03 bits per heavy atom. The average Bonchev–Trinajstić information content (AvgIpc) is 2.85. The second-order valence-corrected chi connectivity index (χ2v) is 8.45. The molecule has 3 heterocycles. The maximum Gasteiger partial charge on any atom is 0.416 e. The predicted octanol–water partition coefficient (Wildman–Crippen LogP) is 3.83. The minimum Gasteiger partial charge on any atom is -0.467 e. The van der Waals surface area contributed by atoms with E-state index in [1.54, 1.807) is 18.6 Å². The number of rotatable bonds is 4. The number of nitrogens with zero attached hydrogens (tertiary/aromatic N) is 6. The van der Waals surface area contributed by atoms with E-state index in [1.807, 2.05) is 30.6 Å². The molecule has 0 bridgehead atoms. The molecule has 11 heteroatoms. The van der Waals surface area contributed by atoms with Crippen LogP contribution >= 0.6 is 0 Å². The van der Waals surface area contributed by atoms with Crippen molar-refractivity contribution < 1.29 is 22.7 Å². The van der Waals surface area contributed by atoms with Gasteiger partial charge >= 0.3 is 12.1 Å². The lowest BCUT2D eigenvalue weighted by molar-refractivity contribution is -0.142. The minimum absolute atomic E-state index is 0.0244. The van der Waals surface area contributed by atoms with Crippen molar-refractivity contribution >= 4 is 17.6 Å². The van der Waals surface area contributed by atoms with Gasteiger partial charge in [0.15, 0.2) is 5.82 Å². The summed E-state index contributed by atoms with van der Waals surface area (Å²) in [5.74, 6) is 0.765. The largest absolute Gasteiger partial charge is 0.467 e. The quantitative estimate of drug-likeness (QED) is 0.515. The number of anilines is 2. The van der Waals surface area contributed by atoms with Crippen LogP contribution in [-0.4, -0.2) is 58.4 Å². The zero-order valence-corrected chi connectivity index (χ0v) is 19.7. The maximum absolute atomic E-state index is 12.9. The highest BCUT2D eigenvalue weighted by atomic mass is 19.4. The first-order valence-corrected chi connectivity index (χ1v) is 11.0. The standard InChI is InChI=1S/C24H25F3N6O2/c1-14-12-33(19(23(34)35-4)13-32(14)20-11-28-9-10-29-20)22-16(3)15(2)21(30-31-22)17-5-7-18(8-6-17)24(25,26)27/h5-11,14,19H,12-13H2,1-4H3/t14-,19?/m1/s1. The molecule has 1 unspecified atom stereocenters. The first-order valence-electron chi connectivity index (χ1n) is 11.0. The minimum atomic E-state index is -4.41. The summed E-state index contributed by atoms with van der Waals surface area (Å²) in [7, 11) is 1.34. The molecular formula is C24H25F3N6O2. The number of hydrogen-bond acceptors (Lipinski definition) is 8. The normalized spacial score (nSPS) is 18.5. The van der Waals surface area contributed by atoms with E-state index in [1.165, 1.54) is 19.2 Å². The number of halogens is 3. The third-order valence-corrected chi connectivity index (χ3v) is 6.31. The number of hydrogen-bond donors (Lipinski definition) is 0. The van der Waals surface area contributed by atoms with Gasteiger partial charge < -0.3 is 14.5 Å². The second-order valence-electron chi connectivity index (χ2n) is 8.45. The Labute approximate surface area is 200 Å².